The first-order valence-electron chi connectivity index (χ1n) is 7.65. The second-order valence-corrected chi connectivity index (χ2v) is 12.3. The number of carbonyl (C=O) groups is 1. The van der Waals surface area contributed by atoms with Gasteiger partial charge in [0.25, 0.3) is 0 Å². The van der Waals surface area contributed by atoms with Crippen LogP contribution in [0.2, 0.25) is 18.1 Å². The van der Waals surface area contributed by atoms with E-state index in [1.165, 1.54) is 7.11 Å². The summed E-state index contributed by atoms with van der Waals surface area (Å²) in [6, 6.07) is -0.0802. The maximum absolute atomic E-state index is 12.2. The Hall–Kier alpha value is -0.433. The quantitative estimate of drug-likeness (QED) is 0.481. The molecule has 0 bridgehead atoms. The van der Waals surface area contributed by atoms with Gasteiger partial charge in [0.2, 0.25) is 5.91 Å². The number of nitrogens with one attached hydrogen (secondary N) is 1. The van der Waals surface area contributed by atoms with Crippen LogP contribution >= 0.6 is 0 Å². The van der Waals surface area contributed by atoms with Crippen LogP contribution in [0.4, 0.5) is 0 Å². The summed E-state index contributed by atoms with van der Waals surface area (Å²) in [5, 5.41) is 3.12. The van der Waals surface area contributed by atoms with Crippen LogP contribution in [0.25, 0.3) is 0 Å². The van der Waals surface area contributed by atoms with Gasteiger partial charge in [-0.3, -0.25) is 4.79 Å². The molecular formula is C15H31NO4Si. The van der Waals surface area contributed by atoms with Gasteiger partial charge in [-0.25, -0.2) is 9.78 Å². The Balaban J connectivity index is 2.89. The summed E-state index contributed by atoms with van der Waals surface area (Å²) in [5.41, 5.74) is 0. The molecule has 1 aliphatic heterocycles. The van der Waals surface area contributed by atoms with Crippen LogP contribution in [0.15, 0.2) is 0 Å². The van der Waals surface area contributed by atoms with Crippen LogP contribution < -0.4 is 5.32 Å². The van der Waals surface area contributed by atoms with Gasteiger partial charge in [0.1, 0.15) is 6.61 Å². The molecule has 6 heteroatoms. The first-order chi connectivity index (χ1) is 9.51. The van der Waals surface area contributed by atoms with Crippen LogP contribution in [0, 0.1) is 11.8 Å². The molecule has 0 radical (unpaired) electrons. The molecule has 1 N–H and O–H groups in total. The number of rotatable bonds is 5. The summed E-state index contributed by atoms with van der Waals surface area (Å²) >= 11 is 0. The topological polar surface area (TPSA) is 56.8 Å². The Bertz CT molecular complexity index is 367. The third-order valence-electron chi connectivity index (χ3n) is 4.99. The number of hydrogen-bond donors (Lipinski definition) is 1. The van der Waals surface area contributed by atoms with Crippen molar-refractivity contribution < 1.29 is 19.0 Å². The van der Waals surface area contributed by atoms with E-state index in [0.717, 1.165) is 0 Å². The maximum Gasteiger partial charge on any atom is 0.225 e. The van der Waals surface area contributed by atoms with Gasteiger partial charge in [0.15, 0.2) is 8.32 Å². The van der Waals surface area contributed by atoms with E-state index in [4.69, 9.17) is 9.31 Å². The lowest BCUT2D eigenvalue weighted by molar-refractivity contribution is -0.279. The molecule has 0 aromatic rings. The van der Waals surface area contributed by atoms with Crippen LogP contribution in [-0.4, -0.2) is 40.1 Å². The van der Waals surface area contributed by atoms with Gasteiger partial charge in [-0.05, 0) is 18.1 Å². The van der Waals surface area contributed by atoms with Crippen LogP contribution in [0.3, 0.4) is 0 Å². The monoisotopic (exact) mass is 317 g/mol. The molecule has 0 aromatic carbocycles. The van der Waals surface area contributed by atoms with Gasteiger partial charge >= 0.3 is 0 Å². The van der Waals surface area contributed by atoms with E-state index in [1.807, 2.05) is 6.92 Å². The smallest absolute Gasteiger partial charge is 0.225 e. The van der Waals surface area contributed by atoms with Crippen molar-refractivity contribution in [2.45, 2.75) is 64.9 Å². The minimum absolute atomic E-state index is 0.0292. The predicted octanol–water partition coefficient (Wildman–Crippen LogP) is 2.73. The molecule has 0 aromatic heterocycles. The predicted molar refractivity (Wildman–Crippen MR) is 85.3 cm³/mol. The van der Waals surface area contributed by atoms with Crippen molar-refractivity contribution in [3.63, 3.8) is 0 Å². The van der Waals surface area contributed by atoms with Crippen molar-refractivity contribution in [1.82, 2.24) is 5.32 Å². The van der Waals surface area contributed by atoms with Gasteiger partial charge in [-0.2, -0.15) is 0 Å². The fourth-order valence-corrected chi connectivity index (χ4v) is 3.79. The standard InChI is InChI=1S/C15H31NO4Si/c1-10-12(9-19-18-6)16-14(17)11(2)13(10)20-21(7,8)15(3,4)5/h10-13H,9H2,1-8H3,(H,16,17)/t10-,11+,12?,13?/m1/s1. The molecule has 1 saturated heterocycles. The molecule has 124 valence electrons. The van der Waals surface area contributed by atoms with Crippen molar-refractivity contribution >= 4 is 14.2 Å². The second kappa shape index (κ2) is 6.77. The minimum Gasteiger partial charge on any atom is -0.413 e. The lowest BCUT2D eigenvalue weighted by Crippen LogP contribution is -2.60. The number of carbonyl (C=O) groups excluding carboxylic acids is 1. The summed E-state index contributed by atoms with van der Waals surface area (Å²) in [6.45, 7) is 15.5. The number of piperidine rings is 1. The molecule has 21 heavy (non-hydrogen) atoms. The van der Waals surface area contributed by atoms with E-state index in [2.05, 4.69) is 51.0 Å². The third kappa shape index (κ3) is 4.28. The van der Waals surface area contributed by atoms with Gasteiger partial charge < -0.3 is 9.74 Å². The van der Waals surface area contributed by atoms with Crippen molar-refractivity contribution in [2.24, 2.45) is 11.8 Å². The molecular weight excluding hydrogens is 286 g/mol. The normalized spacial score (nSPS) is 31.1. The molecule has 1 heterocycles. The van der Waals surface area contributed by atoms with Gasteiger partial charge in [0, 0.05) is 5.92 Å². The van der Waals surface area contributed by atoms with Crippen molar-refractivity contribution in [3.8, 4) is 0 Å². The average Bonchev–Trinajstić information content (AvgIpc) is 2.36. The summed E-state index contributed by atoms with van der Waals surface area (Å²) in [6.07, 6.45) is -0.0786. The highest BCUT2D eigenvalue weighted by Gasteiger charge is 2.46. The van der Waals surface area contributed by atoms with E-state index >= 15 is 0 Å². The summed E-state index contributed by atoms with van der Waals surface area (Å²) in [4.78, 5) is 21.9. The minimum atomic E-state index is -1.92. The fraction of sp³-hybridized carbons (Fsp3) is 0.933. The molecule has 1 amide bonds. The Morgan fingerprint density at radius 3 is 2.29 bits per heavy atom. The van der Waals surface area contributed by atoms with E-state index in [0.29, 0.717) is 6.61 Å². The van der Waals surface area contributed by atoms with Crippen LogP contribution in [0.5, 0.6) is 0 Å². The maximum atomic E-state index is 12.2. The molecule has 1 aliphatic rings. The van der Waals surface area contributed by atoms with E-state index in [1.54, 1.807) is 0 Å². The summed E-state index contributed by atoms with van der Waals surface area (Å²) in [5.74, 6) is 0.0661. The highest BCUT2D eigenvalue weighted by Crippen LogP contribution is 2.40. The molecule has 0 aliphatic carbocycles. The highest BCUT2D eigenvalue weighted by atomic mass is 28.4. The van der Waals surface area contributed by atoms with Gasteiger partial charge in [-0.1, -0.05) is 34.6 Å². The summed E-state index contributed by atoms with van der Waals surface area (Å²) in [7, 11) is -0.445. The number of amides is 1. The van der Waals surface area contributed by atoms with Crippen molar-refractivity contribution in [1.29, 1.82) is 0 Å². The molecule has 0 saturated carbocycles. The Morgan fingerprint density at radius 2 is 1.81 bits per heavy atom. The van der Waals surface area contributed by atoms with E-state index in [9.17, 15) is 4.79 Å². The SMILES string of the molecule is COOCC1NC(=O)[C@@H](C)C(O[Si](C)(C)C(C)(C)C)[C@@H]1C. The molecule has 1 rings (SSSR count). The molecule has 2 unspecified atom stereocenters. The Morgan fingerprint density at radius 1 is 1.24 bits per heavy atom. The zero-order valence-electron chi connectivity index (χ0n) is 14.6. The highest BCUT2D eigenvalue weighted by molar-refractivity contribution is 6.74. The Labute approximate surface area is 129 Å². The molecule has 0 spiro atoms. The first-order valence-corrected chi connectivity index (χ1v) is 10.6. The van der Waals surface area contributed by atoms with E-state index < -0.39 is 8.32 Å². The third-order valence-corrected chi connectivity index (χ3v) is 9.46. The first kappa shape index (κ1) is 18.6. The molecule has 4 atom stereocenters. The summed E-state index contributed by atoms with van der Waals surface area (Å²) < 4.78 is 6.53. The van der Waals surface area contributed by atoms with Gasteiger partial charge in [0.05, 0.1) is 25.2 Å². The van der Waals surface area contributed by atoms with Crippen molar-refractivity contribution in [3.05, 3.63) is 0 Å². The molecule has 5 nitrogen and oxygen atoms in total. The van der Waals surface area contributed by atoms with E-state index in [-0.39, 0.29) is 34.9 Å². The fourth-order valence-electron chi connectivity index (χ4n) is 2.34. The Kier molecular flexibility index (Phi) is 6.00. The van der Waals surface area contributed by atoms with Crippen molar-refractivity contribution in [2.75, 3.05) is 13.7 Å². The van der Waals surface area contributed by atoms with Gasteiger partial charge in [-0.15, -0.1) is 0 Å². The lowest BCUT2D eigenvalue weighted by Gasteiger charge is -2.46. The number of hydrogen-bond acceptors (Lipinski definition) is 4. The lowest BCUT2D eigenvalue weighted by atomic mass is 9.83. The zero-order chi connectivity index (χ0) is 16.4. The van der Waals surface area contributed by atoms with Crippen LogP contribution in [-0.2, 0) is 19.0 Å². The average molecular weight is 318 g/mol. The molecule has 1 fully saturated rings. The van der Waals surface area contributed by atoms with Crippen LogP contribution in [0.1, 0.15) is 34.6 Å². The second-order valence-electron chi connectivity index (χ2n) is 7.56. The zero-order valence-corrected chi connectivity index (χ0v) is 15.6. The largest absolute Gasteiger partial charge is 0.413 e.